The number of rotatable bonds is 4. The first-order valence-electron chi connectivity index (χ1n) is 3.60. The van der Waals surface area contributed by atoms with Crippen molar-refractivity contribution < 1.29 is 9.90 Å². The summed E-state index contributed by atoms with van der Waals surface area (Å²) in [5, 5.41) is 8.90. The quantitative estimate of drug-likeness (QED) is 0.739. The first-order chi connectivity index (χ1) is 5.68. The van der Waals surface area contributed by atoms with Crippen LogP contribution in [0.2, 0.25) is 0 Å². The number of thiazole rings is 1. The van der Waals surface area contributed by atoms with E-state index in [4.69, 9.17) is 10.8 Å². The fourth-order valence-corrected chi connectivity index (χ4v) is 1.58. The van der Waals surface area contributed by atoms with Gasteiger partial charge in [-0.1, -0.05) is 0 Å². The molecule has 0 aliphatic carbocycles. The van der Waals surface area contributed by atoms with Crippen molar-refractivity contribution in [3.8, 4) is 0 Å². The Bertz CT molecular complexity index is 272. The van der Waals surface area contributed by atoms with Crippen molar-refractivity contribution in [3.63, 3.8) is 0 Å². The third-order valence-electron chi connectivity index (χ3n) is 1.39. The molecule has 0 fully saturated rings. The molecule has 0 atom stereocenters. The molecule has 0 amide bonds. The molecule has 1 rings (SSSR count). The number of carboxylic acids is 1. The van der Waals surface area contributed by atoms with Crippen molar-refractivity contribution in [2.45, 2.75) is 19.3 Å². The lowest BCUT2D eigenvalue weighted by atomic mass is 10.2. The van der Waals surface area contributed by atoms with Crippen LogP contribution >= 0.6 is 11.3 Å². The van der Waals surface area contributed by atoms with E-state index in [0.717, 1.165) is 11.3 Å². The first kappa shape index (κ1) is 8.99. The molecule has 0 bridgehead atoms. The summed E-state index contributed by atoms with van der Waals surface area (Å²) in [5.74, 6) is -0.757. The highest BCUT2D eigenvalue weighted by Crippen LogP contribution is 2.16. The minimum absolute atomic E-state index is 0.206. The SMILES string of the molecule is Nc1ncc(CCCC(=O)O)s1. The zero-order valence-corrected chi connectivity index (χ0v) is 7.30. The number of nitrogens with zero attached hydrogens (tertiary/aromatic N) is 1. The van der Waals surface area contributed by atoms with Gasteiger partial charge >= 0.3 is 5.97 Å². The normalized spacial score (nSPS) is 10.0. The second kappa shape index (κ2) is 4.06. The molecule has 5 heteroatoms. The number of nitrogens with two attached hydrogens (primary N) is 1. The topological polar surface area (TPSA) is 76.2 Å². The van der Waals surface area contributed by atoms with Crippen molar-refractivity contribution in [2.75, 3.05) is 5.73 Å². The van der Waals surface area contributed by atoms with Gasteiger partial charge in [0, 0.05) is 17.5 Å². The minimum Gasteiger partial charge on any atom is -0.481 e. The molecule has 0 aliphatic heterocycles. The van der Waals surface area contributed by atoms with E-state index in [1.54, 1.807) is 6.20 Å². The number of carbonyl (C=O) groups is 1. The van der Waals surface area contributed by atoms with Gasteiger partial charge in [0.1, 0.15) is 0 Å². The maximum absolute atomic E-state index is 10.2. The number of aliphatic carboxylic acids is 1. The van der Waals surface area contributed by atoms with Gasteiger partial charge in [-0.2, -0.15) is 0 Å². The molecule has 0 spiro atoms. The maximum Gasteiger partial charge on any atom is 0.303 e. The lowest BCUT2D eigenvalue weighted by Gasteiger charge is -1.92. The van der Waals surface area contributed by atoms with Gasteiger partial charge in [0.05, 0.1) is 0 Å². The molecule has 0 saturated carbocycles. The summed E-state index contributed by atoms with van der Waals surface area (Å²) in [4.78, 5) is 15.1. The number of nitrogen functional groups attached to an aromatic ring is 1. The predicted octanol–water partition coefficient (Wildman–Crippen LogP) is 1.13. The number of aryl methyl sites for hydroxylation is 1. The second-order valence-corrected chi connectivity index (χ2v) is 3.56. The molecule has 0 saturated heterocycles. The Hall–Kier alpha value is -1.10. The van der Waals surface area contributed by atoms with E-state index >= 15 is 0 Å². The second-order valence-electron chi connectivity index (χ2n) is 2.41. The average Bonchev–Trinajstić information content (AvgIpc) is 2.35. The van der Waals surface area contributed by atoms with Crippen molar-refractivity contribution in [1.29, 1.82) is 0 Å². The first-order valence-corrected chi connectivity index (χ1v) is 4.42. The Kier molecular flexibility index (Phi) is 3.04. The van der Waals surface area contributed by atoms with Gasteiger partial charge in [-0.3, -0.25) is 4.79 Å². The monoisotopic (exact) mass is 186 g/mol. The molecule has 4 nitrogen and oxygen atoms in total. The molecular formula is C7H10N2O2S. The minimum atomic E-state index is -0.757. The van der Waals surface area contributed by atoms with Gasteiger partial charge in [-0.15, -0.1) is 11.3 Å². The number of hydrogen-bond donors (Lipinski definition) is 2. The Morgan fingerprint density at radius 2 is 2.50 bits per heavy atom. The van der Waals surface area contributed by atoms with Gasteiger partial charge < -0.3 is 10.8 Å². The van der Waals surface area contributed by atoms with Gasteiger partial charge in [0.25, 0.3) is 0 Å². The highest BCUT2D eigenvalue weighted by Gasteiger charge is 2.00. The van der Waals surface area contributed by atoms with E-state index in [-0.39, 0.29) is 6.42 Å². The summed E-state index contributed by atoms with van der Waals surface area (Å²) < 4.78 is 0. The summed E-state index contributed by atoms with van der Waals surface area (Å²) in [6, 6.07) is 0. The van der Waals surface area contributed by atoms with Gasteiger partial charge in [0.15, 0.2) is 5.13 Å². The van der Waals surface area contributed by atoms with E-state index in [2.05, 4.69) is 4.98 Å². The lowest BCUT2D eigenvalue weighted by molar-refractivity contribution is -0.137. The molecule has 66 valence electrons. The predicted molar refractivity (Wildman–Crippen MR) is 47.1 cm³/mol. The summed E-state index contributed by atoms with van der Waals surface area (Å²) in [6.07, 6.45) is 3.30. The van der Waals surface area contributed by atoms with E-state index in [0.29, 0.717) is 11.6 Å². The Balaban J connectivity index is 2.29. The van der Waals surface area contributed by atoms with E-state index in [9.17, 15) is 4.79 Å². The highest BCUT2D eigenvalue weighted by atomic mass is 32.1. The van der Waals surface area contributed by atoms with Crippen LogP contribution in [0, 0.1) is 0 Å². The van der Waals surface area contributed by atoms with Crippen molar-refractivity contribution in [2.24, 2.45) is 0 Å². The van der Waals surface area contributed by atoms with Crippen LogP contribution in [0.25, 0.3) is 0 Å². The number of aromatic nitrogens is 1. The summed E-state index contributed by atoms with van der Waals surface area (Å²) >= 11 is 1.41. The number of hydrogen-bond acceptors (Lipinski definition) is 4. The fourth-order valence-electron chi connectivity index (χ4n) is 0.852. The molecule has 1 aromatic rings. The van der Waals surface area contributed by atoms with E-state index in [1.165, 1.54) is 11.3 Å². The number of carboxylic acid groups (broad SMARTS) is 1. The van der Waals surface area contributed by atoms with Crippen LogP contribution < -0.4 is 5.73 Å². The maximum atomic E-state index is 10.2. The van der Waals surface area contributed by atoms with Crippen molar-refractivity contribution in [3.05, 3.63) is 11.1 Å². The van der Waals surface area contributed by atoms with Crippen LogP contribution in [0.5, 0.6) is 0 Å². The number of anilines is 1. The Morgan fingerprint density at radius 3 is 3.00 bits per heavy atom. The lowest BCUT2D eigenvalue weighted by Crippen LogP contribution is -1.94. The van der Waals surface area contributed by atoms with Crippen LogP contribution in [0.1, 0.15) is 17.7 Å². The van der Waals surface area contributed by atoms with Crippen LogP contribution in [0.4, 0.5) is 5.13 Å². The van der Waals surface area contributed by atoms with Crippen molar-refractivity contribution in [1.82, 2.24) is 4.98 Å². The summed E-state index contributed by atoms with van der Waals surface area (Å²) in [6.45, 7) is 0. The molecular weight excluding hydrogens is 176 g/mol. The van der Waals surface area contributed by atoms with E-state index < -0.39 is 5.97 Å². The third kappa shape index (κ3) is 2.87. The zero-order valence-electron chi connectivity index (χ0n) is 6.49. The standard InChI is InChI=1S/C7H10N2O2S/c8-7-9-4-5(12-7)2-1-3-6(10)11/h4H,1-3H2,(H2,8,9)(H,10,11). The van der Waals surface area contributed by atoms with E-state index in [1.807, 2.05) is 0 Å². The third-order valence-corrected chi connectivity index (χ3v) is 2.27. The van der Waals surface area contributed by atoms with Crippen LogP contribution in [0.15, 0.2) is 6.20 Å². The van der Waals surface area contributed by atoms with Gasteiger partial charge in [0.2, 0.25) is 0 Å². The molecule has 1 aromatic heterocycles. The molecule has 0 aliphatic rings. The highest BCUT2D eigenvalue weighted by molar-refractivity contribution is 7.15. The Labute approximate surface area is 74.0 Å². The fraction of sp³-hybridized carbons (Fsp3) is 0.429. The molecule has 12 heavy (non-hydrogen) atoms. The van der Waals surface area contributed by atoms with Crippen LogP contribution in [-0.2, 0) is 11.2 Å². The summed E-state index contributed by atoms with van der Waals surface area (Å²) in [7, 11) is 0. The largest absolute Gasteiger partial charge is 0.481 e. The molecule has 0 radical (unpaired) electrons. The van der Waals surface area contributed by atoms with Crippen LogP contribution in [0.3, 0.4) is 0 Å². The smallest absolute Gasteiger partial charge is 0.303 e. The molecule has 1 heterocycles. The Morgan fingerprint density at radius 1 is 1.75 bits per heavy atom. The van der Waals surface area contributed by atoms with Gasteiger partial charge in [-0.25, -0.2) is 4.98 Å². The zero-order chi connectivity index (χ0) is 8.97. The summed E-state index contributed by atoms with van der Waals surface area (Å²) in [5.41, 5.74) is 5.40. The van der Waals surface area contributed by atoms with Crippen LogP contribution in [-0.4, -0.2) is 16.1 Å². The van der Waals surface area contributed by atoms with Gasteiger partial charge in [-0.05, 0) is 12.8 Å². The average molecular weight is 186 g/mol. The van der Waals surface area contributed by atoms with Crippen molar-refractivity contribution >= 4 is 22.4 Å². The molecule has 3 N–H and O–H groups in total. The molecule has 0 aromatic carbocycles. The molecule has 0 unspecified atom stereocenters.